The number of piperidine rings is 1. The number of aromatic nitrogens is 3. The van der Waals surface area contributed by atoms with Gasteiger partial charge in [-0.05, 0) is 50.7 Å². The summed E-state index contributed by atoms with van der Waals surface area (Å²) in [4.78, 5) is 22.8. The van der Waals surface area contributed by atoms with Gasteiger partial charge in [0.25, 0.3) is 0 Å². The fraction of sp³-hybridized carbons (Fsp3) is 0.481. The minimum atomic E-state index is -4.83. The molecule has 0 N–H and O–H groups in total. The van der Waals surface area contributed by atoms with Crippen LogP contribution in [0.2, 0.25) is 0 Å². The maximum absolute atomic E-state index is 13.1. The number of nitrogens with zero attached hydrogens (tertiary/aromatic N) is 4. The van der Waals surface area contributed by atoms with E-state index in [9.17, 15) is 18.0 Å². The number of fused-ring (bicyclic) bond motifs is 2. The first kappa shape index (κ1) is 25.6. The molecule has 206 valence electrons. The molecule has 1 aliphatic carbocycles. The van der Waals surface area contributed by atoms with Crippen molar-refractivity contribution < 1.29 is 36.7 Å². The van der Waals surface area contributed by atoms with Crippen LogP contribution < -0.4 is 9.64 Å². The third kappa shape index (κ3) is 5.29. The number of esters is 1. The lowest BCUT2D eigenvalue weighted by Gasteiger charge is -2.39. The van der Waals surface area contributed by atoms with Gasteiger partial charge in [-0.15, -0.1) is 13.2 Å². The molecule has 12 heteroatoms. The largest absolute Gasteiger partial charge is 0.573 e. The SMILES string of the molecule is COC(=O)c1cncc(N2C3CC[C@H]2CC(OCc2c(-c4ccccc4OC(F)(F)F)noc2C2CC2)C3)n1. The van der Waals surface area contributed by atoms with Crippen LogP contribution in [0.15, 0.2) is 41.2 Å². The van der Waals surface area contributed by atoms with Gasteiger partial charge in [-0.2, -0.15) is 0 Å². The second-order valence-electron chi connectivity index (χ2n) is 10.1. The van der Waals surface area contributed by atoms with Gasteiger partial charge in [-0.1, -0.05) is 17.3 Å². The smallest absolute Gasteiger partial charge is 0.464 e. The van der Waals surface area contributed by atoms with Crippen LogP contribution in [0, 0.1) is 0 Å². The molecule has 2 bridgehead atoms. The molecule has 3 aliphatic rings. The van der Waals surface area contributed by atoms with Crippen LogP contribution in [0.4, 0.5) is 19.0 Å². The van der Waals surface area contributed by atoms with E-state index in [0.29, 0.717) is 22.8 Å². The third-order valence-electron chi connectivity index (χ3n) is 7.57. The van der Waals surface area contributed by atoms with Crippen molar-refractivity contribution in [2.24, 2.45) is 0 Å². The summed E-state index contributed by atoms with van der Waals surface area (Å²) >= 11 is 0. The Labute approximate surface area is 222 Å². The predicted molar refractivity (Wildman–Crippen MR) is 131 cm³/mol. The zero-order valence-corrected chi connectivity index (χ0v) is 21.2. The second-order valence-corrected chi connectivity index (χ2v) is 10.1. The Bertz CT molecular complexity index is 1350. The van der Waals surface area contributed by atoms with Crippen molar-refractivity contribution in [1.29, 1.82) is 0 Å². The Kier molecular flexibility index (Phi) is 6.66. The van der Waals surface area contributed by atoms with E-state index in [1.54, 1.807) is 18.3 Å². The monoisotopic (exact) mass is 544 g/mol. The molecule has 0 amide bonds. The molecule has 0 radical (unpaired) electrons. The Balaban J connectivity index is 1.20. The van der Waals surface area contributed by atoms with Crippen molar-refractivity contribution >= 4 is 11.8 Å². The lowest BCUT2D eigenvalue weighted by molar-refractivity contribution is -0.274. The normalized spacial score (nSPS) is 22.7. The molecular formula is C27H27F3N4O5. The molecule has 2 aromatic heterocycles. The van der Waals surface area contributed by atoms with E-state index < -0.39 is 12.3 Å². The van der Waals surface area contributed by atoms with Gasteiger partial charge in [0.2, 0.25) is 0 Å². The van der Waals surface area contributed by atoms with Crippen molar-refractivity contribution in [2.75, 3.05) is 12.0 Å². The van der Waals surface area contributed by atoms with Crippen LogP contribution in [0.3, 0.4) is 0 Å². The number of ether oxygens (including phenoxy) is 3. The van der Waals surface area contributed by atoms with Gasteiger partial charge in [-0.3, -0.25) is 4.98 Å². The first-order valence-corrected chi connectivity index (χ1v) is 12.9. The van der Waals surface area contributed by atoms with Crippen molar-refractivity contribution in [1.82, 2.24) is 15.1 Å². The molecule has 1 saturated carbocycles. The highest BCUT2D eigenvalue weighted by Crippen LogP contribution is 2.46. The fourth-order valence-corrected chi connectivity index (χ4v) is 5.74. The average molecular weight is 545 g/mol. The van der Waals surface area contributed by atoms with Crippen molar-refractivity contribution in [3.05, 3.63) is 53.7 Å². The Morgan fingerprint density at radius 1 is 1.10 bits per heavy atom. The van der Waals surface area contributed by atoms with Crippen molar-refractivity contribution in [3.8, 4) is 17.0 Å². The van der Waals surface area contributed by atoms with Gasteiger partial charge in [0.05, 0.1) is 32.2 Å². The maximum atomic E-state index is 13.1. The van der Waals surface area contributed by atoms with E-state index in [-0.39, 0.29) is 47.7 Å². The molecule has 2 unspecified atom stereocenters. The molecule has 1 aromatic carbocycles. The van der Waals surface area contributed by atoms with E-state index in [0.717, 1.165) is 38.5 Å². The zero-order valence-electron chi connectivity index (χ0n) is 21.2. The maximum Gasteiger partial charge on any atom is 0.573 e. The van der Waals surface area contributed by atoms with Crippen molar-refractivity contribution in [2.45, 2.75) is 75.6 Å². The van der Waals surface area contributed by atoms with Crippen LogP contribution in [0.5, 0.6) is 5.75 Å². The molecule has 4 heterocycles. The highest BCUT2D eigenvalue weighted by Gasteiger charge is 2.43. The van der Waals surface area contributed by atoms with Gasteiger partial charge >= 0.3 is 12.3 Å². The van der Waals surface area contributed by atoms with Gasteiger partial charge in [0.15, 0.2) is 5.69 Å². The number of para-hydroxylation sites is 1. The molecule has 39 heavy (non-hydrogen) atoms. The number of methoxy groups -OCH3 is 1. The lowest BCUT2D eigenvalue weighted by Crippen LogP contribution is -2.46. The van der Waals surface area contributed by atoms with Crippen molar-refractivity contribution in [3.63, 3.8) is 0 Å². The molecule has 0 spiro atoms. The first-order chi connectivity index (χ1) is 18.8. The summed E-state index contributed by atoms with van der Waals surface area (Å²) in [5.41, 5.74) is 1.35. The van der Waals surface area contributed by atoms with E-state index in [1.165, 1.54) is 25.4 Å². The zero-order chi connectivity index (χ0) is 27.1. The molecule has 2 saturated heterocycles. The standard InChI is InChI=1S/C27H27F3N4O5/c1-36-26(35)21-12-31-13-23(32-21)34-16-8-9-17(34)11-18(10-16)37-14-20-24(33-39-25(20)15-6-7-15)19-4-2-3-5-22(19)38-27(28,29)30/h2-5,12-13,15-18H,6-11,14H2,1H3/t16-,17?,18?/m0/s1. The number of carbonyl (C=O) groups is 1. The minimum Gasteiger partial charge on any atom is -0.464 e. The summed E-state index contributed by atoms with van der Waals surface area (Å²) in [5.74, 6) is 0.639. The number of hydrogen-bond acceptors (Lipinski definition) is 9. The Hall–Kier alpha value is -3.67. The number of hydrogen-bond donors (Lipinski definition) is 0. The van der Waals surface area contributed by atoms with Crippen LogP contribution >= 0.6 is 0 Å². The Morgan fingerprint density at radius 2 is 1.85 bits per heavy atom. The highest BCUT2D eigenvalue weighted by molar-refractivity contribution is 5.87. The Morgan fingerprint density at radius 3 is 2.54 bits per heavy atom. The van der Waals surface area contributed by atoms with Gasteiger partial charge in [0, 0.05) is 29.1 Å². The van der Waals surface area contributed by atoms with E-state index in [1.807, 2.05) is 0 Å². The molecule has 2 aliphatic heterocycles. The third-order valence-corrected chi connectivity index (χ3v) is 7.57. The fourth-order valence-electron chi connectivity index (χ4n) is 5.74. The number of rotatable bonds is 8. The van der Waals surface area contributed by atoms with Gasteiger partial charge < -0.3 is 23.6 Å². The number of alkyl halides is 3. The lowest BCUT2D eigenvalue weighted by atomic mass is 9.99. The van der Waals surface area contributed by atoms with Gasteiger partial charge in [0.1, 0.15) is 23.0 Å². The van der Waals surface area contributed by atoms with E-state index >= 15 is 0 Å². The van der Waals surface area contributed by atoms with E-state index in [2.05, 4.69) is 24.8 Å². The molecule has 6 rings (SSSR count). The van der Waals surface area contributed by atoms with Crippen LogP contribution in [-0.2, 0) is 16.1 Å². The van der Waals surface area contributed by atoms with Crippen LogP contribution in [0.1, 0.15) is 66.3 Å². The quantitative estimate of drug-likeness (QED) is 0.345. The average Bonchev–Trinajstić information content (AvgIpc) is 3.62. The van der Waals surface area contributed by atoms with E-state index in [4.69, 9.17) is 14.0 Å². The molecule has 3 aromatic rings. The predicted octanol–water partition coefficient (Wildman–Crippen LogP) is 5.41. The first-order valence-electron chi connectivity index (χ1n) is 12.9. The summed E-state index contributed by atoms with van der Waals surface area (Å²) in [5, 5.41) is 4.16. The highest BCUT2D eigenvalue weighted by atomic mass is 19.4. The molecule has 3 fully saturated rings. The summed E-state index contributed by atoms with van der Waals surface area (Å²) in [6.45, 7) is 0.173. The molecular weight excluding hydrogens is 517 g/mol. The minimum absolute atomic E-state index is 0.0630. The number of anilines is 1. The van der Waals surface area contributed by atoms with Gasteiger partial charge in [-0.25, -0.2) is 9.78 Å². The van der Waals surface area contributed by atoms with Crippen LogP contribution in [-0.4, -0.2) is 52.8 Å². The number of halogens is 3. The summed E-state index contributed by atoms with van der Waals surface area (Å²) in [6, 6.07) is 6.27. The summed E-state index contributed by atoms with van der Waals surface area (Å²) in [7, 11) is 1.31. The molecule has 9 nitrogen and oxygen atoms in total. The summed E-state index contributed by atoms with van der Waals surface area (Å²) < 4.78 is 60.3. The second kappa shape index (κ2) is 10.1. The number of benzene rings is 1. The summed E-state index contributed by atoms with van der Waals surface area (Å²) in [6.07, 6.45) is 3.44. The topological polar surface area (TPSA) is 99.8 Å². The number of carbonyl (C=O) groups excluding carboxylic acids is 1. The van der Waals surface area contributed by atoms with Crippen LogP contribution in [0.25, 0.3) is 11.3 Å². The molecule has 3 atom stereocenters.